The molecule has 0 spiro atoms. The number of amides is 1. The smallest absolute Gasteiger partial charge is 0.315 e. The molecule has 122 valence electrons. The van der Waals surface area contributed by atoms with Crippen LogP contribution < -0.4 is 4.80 Å². The number of para-hydroxylation sites is 1. The van der Waals surface area contributed by atoms with Crippen LogP contribution in [-0.2, 0) is 0 Å². The van der Waals surface area contributed by atoms with Crippen LogP contribution in [0.25, 0.3) is 17.1 Å². The largest absolute Gasteiger partial charge is 0.459 e. The zero-order valence-corrected chi connectivity index (χ0v) is 13.9. The lowest BCUT2D eigenvalue weighted by molar-refractivity contribution is 0.0972. The Kier molecular flexibility index (Phi) is 4.10. The van der Waals surface area contributed by atoms with Crippen LogP contribution in [0.4, 0.5) is 0 Å². The Bertz CT molecular complexity index is 989. The lowest BCUT2D eigenvalue weighted by atomic mass is 10.2. The highest BCUT2D eigenvalue weighted by Gasteiger charge is 2.12. The van der Waals surface area contributed by atoms with Crippen molar-refractivity contribution < 1.29 is 9.21 Å². The fourth-order valence-corrected chi connectivity index (χ4v) is 3.25. The third kappa shape index (κ3) is 3.20. The minimum atomic E-state index is -0.446. The summed E-state index contributed by atoms with van der Waals surface area (Å²) >= 11 is 1.31. The predicted molar refractivity (Wildman–Crippen MR) is 95.5 cm³/mol. The van der Waals surface area contributed by atoms with Crippen LogP contribution in [-0.4, -0.2) is 14.8 Å². The van der Waals surface area contributed by atoms with Gasteiger partial charge in [-0.15, -0.1) is 0 Å². The molecule has 1 amide bonds. The van der Waals surface area contributed by atoms with Crippen molar-refractivity contribution in [3.05, 3.63) is 89.6 Å². The quantitative estimate of drug-likeness (QED) is 0.564. The molecule has 2 heterocycles. The van der Waals surface area contributed by atoms with E-state index in [-0.39, 0.29) is 5.76 Å². The number of hydrogen-bond donors (Lipinski definition) is 0. The maximum absolute atomic E-state index is 12.2. The molecule has 0 atom stereocenters. The van der Waals surface area contributed by atoms with E-state index in [0.29, 0.717) is 4.80 Å². The van der Waals surface area contributed by atoms with E-state index >= 15 is 0 Å². The summed E-state index contributed by atoms with van der Waals surface area (Å²) in [5, 5.41) is 0. The van der Waals surface area contributed by atoms with Gasteiger partial charge in [0, 0.05) is 5.56 Å². The fourth-order valence-electron chi connectivity index (χ4n) is 2.38. The van der Waals surface area contributed by atoms with Crippen LogP contribution in [0.2, 0.25) is 0 Å². The van der Waals surface area contributed by atoms with Crippen molar-refractivity contribution in [1.29, 1.82) is 0 Å². The average molecular weight is 347 g/mol. The number of carbonyl (C=O) groups excluding carboxylic acids is 1. The molecule has 4 rings (SSSR count). The summed E-state index contributed by atoms with van der Waals surface area (Å²) in [6, 6.07) is 22.9. The van der Waals surface area contributed by atoms with Gasteiger partial charge in [-0.3, -0.25) is 4.79 Å². The summed E-state index contributed by atoms with van der Waals surface area (Å²) in [5.41, 5.74) is 1.92. The topological polar surface area (TPSA) is 60.4 Å². The molecule has 6 heteroatoms. The summed E-state index contributed by atoms with van der Waals surface area (Å²) in [5.74, 6) is 0.490. The molecule has 0 aliphatic rings. The summed E-state index contributed by atoms with van der Waals surface area (Å²) in [6.45, 7) is 0. The van der Waals surface area contributed by atoms with Gasteiger partial charge in [-0.1, -0.05) is 48.5 Å². The van der Waals surface area contributed by atoms with Crippen LogP contribution in [0.15, 0.2) is 88.5 Å². The highest BCUT2D eigenvalue weighted by molar-refractivity contribution is 7.04. The molecule has 0 bridgehead atoms. The first-order chi connectivity index (χ1) is 12.3. The molecule has 0 radical (unpaired) electrons. The number of carbonyl (C=O) groups is 1. The SMILES string of the molecule is O=C(N=c1nc(-c2ccccc2)n(-c2ccccc2)s1)c1ccco1. The summed E-state index contributed by atoms with van der Waals surface area (Å²) in [6.07, 6.45) is 1.45. The minimum Gasteiger partial charge on any atom is -0.459 e. The maximum atomic E-state index is 12.2. The second-order valence-corrected chi connectivity index (χ2v) is 6.11. The molecule has 4 aromatic rings. The Labute approximate surface area is 147 Å². The Morgan fingerprint density at radius 1 is 0.960 bits per heavy atom. The number of furan rings is 1. The Hall–Kier alpha value is -3.25. The Morgan fingerprint density at radius 3 is 2.36 bits per heavy atom. The lowest BCUT2D eigenvalue weighted by Crippen LogP contribution is -2.04. The van der Waals surface area contributed by atoms with Crippen LogP contribution in [0.1, 0.15) is 10.6 Å². The van der Waals surface area contributed by atoms with Gasteiger partial charge in [0.25, 0.3) is 0 Å². The van der Waals surface area contributed by atoms with Gasteiger partial charge in [-0.2, -0.15) is 9.98 Å². The van der Waals surface area contributed by atoms with Crippen LogP contribution >= 0.6 is 11.5 Å². The summed E-state index contributed by atoms with van der Waals surface area (Å²) < 4.78 is 7.06. The predicted octanol–water partition coefficient (Wildman–Crippen LogP) is 3.93. The second kappa shape index (κ2) is 6.70. The zero-order valence-electron chi connectivity index (χ0n) is 13.1. The fraction of sp³-hybridized carbons (Fsp3) is 0. The van der Waals surface area contributed by atoms with Crippen LogP contribution in [0, 0.1) is 0 Å². The average Bonchev–Trinajstić information content (AvgIpc) is 3.33. The molecule has 0 aliphatic heterocycles. The number of benzene rings is 2. The highest BCUT2D eigenvalue weighted by Crippen LogP contribution is 2.21. The Balaban J connectivity index is 1.85. The minimum absolute atomic E-state index is 0.197. The van der Waals surface area contributed by atoms with E-state index < -0.39 is 5.91 Å². The van der Waals surface area contributed by atoms with Gasteiger partial charge < -0.3 is 4.42 Å². The van der Waals surface area contributed by atoms with E-state index in [1.54, 1.807) is 12.1 Å². The van der Waals surface area contributed by atoms with E-state index in [1.165, 1.54) is 17.8 Å². The third-order valence-corrected chi connectivity index (χ3v) is 4.43. The molecular formula is C19H13N3O2S. The van der Waals surface area contributed by atoms with Crippen molar-refractivity contribution in [2.24, 2.45) is 4.99 Å². The van der Waals surface area contributed by atoms with Gasteiger partial charge in [-0.25, -0.2) is 3.96 Å². The molecule has 2 aromatic heterocycles. The van der Waals surface area contributed by atoms with Crippen molar-refractivity contribution in [3.8, 4) is 17.1 Å². The molecule has 5 nitrogen and oxygen atoms in total. The second-order valence-electron chi connectivity index (χ2n) is 5.20. The van der Waals surface area contributed by atoms with E-state index in [4.69, 9.17) is 4.42 Å². The van der Waals surface area contributed by atoms with E-state index in [9.17, 15) is 4.79 Å². The number of aromatic nitrogens is 2. The molecule has 0 fully saturated rings. The number of rotatable bonds is 3. The van der Waals surface area contributed by atoms with Crippen molar-refractivity contribution in [2.45, 2.75) is 0 Å². The monoisotopic (exact) mass is 347 g/mol. The van der Waals surface area contributed by atoms with Gasteiger partial charge in [0.2, 0.25) is 4.80 Å². The van der Waals surface area contributed by atoms with Crippen molar-refractivity contribution in [2.75, 3.05) is 0 Å². The van der Waals surface area contributed by atoms with Gasteiger partial charge in [0.05, 0.1) is 12.0 Å². The highest BCUT2D eigenvalue weighted by atomic mass is 32.1. The van der Waals surface area contributed by atoms with E-state index in [0.717, 1.165) is 17.1 Å². The molecule has 25 heavy (non-hydrogen) atoms. The van der Waals surface area contributed by atoms with Crippen molar-refractivity contribution in [1.82, 2.24) is 8.94 Å². The molecule has 0 N–H and O–H groups in total. The van der Waals surface area contributed by atoms with Gasteiger partial charge in [0.1, 0.15) is 0 Å². The Morgan fingerprint density at radius 2 is 1.68 bits per heavy atom. The zero-order chi connectivity index (χ0) is 17.1. The standard InChI is InChI=1S/C19H13N3O2S/c23-18(16-12-7-13-24-16)21-19-20-17(14-8-3-1-4-9-14)22(25-19)15-10-5-2-6-11-15/h1-13H. The third-order valence-electron chi connectivity index (χ3n) is 3.52. The summed E-state index contributed by atoms with van der Waals surface area (Å²) in [4.78, 5) is 21.2. The van der Waals surface area contributed by atoms with Gasteiger partial charge in [-0.05, 0) is 35.8 Å². The normalized spacial score (nSPS) is 11.6. The van der Waals surface area contributed by atoms with Gasteiger partial charge in [0.15, 0.2) is 11.6 Å². The van der Waals surface area contributed by atoms with Crippen LogP contribution in [0.3, 0.4) is 0 Å². The van der Waals surface area contributed by atoms with E-state index in [2.05, 4.69) is 9.98 Å². The van der Waals surface area contributed by atoms with E-state index in [1.807, 2.05) is 64.6 Å². The number of hydrogen-bond acceptors (Lipinski definition) is 4. The molecule has 0 saturated carbocycles. The molecule has 2 aromatic carbocycles. The first-order valence-corrected chi connectivity index (χ1v) is 8.42. The molecule has 0 unspecified atom stereocenters. The van der Waals surface area contributed by atoms with Crippen molar-refractivity contribution in [3.63, 3.8) is 0 Å². The lowest BCUT2D eigenvalue weighted by Gasteiger charge is -2.05. The molecular weight excluding hydrogens is 334 g/mol. The maximum Gasteiger partial charge on any atom is 0.315 e. The van der Waals surface area contributed by atoms with Crippen molar-refractivity contribution >= 4 is 17.4 Å². The first-order valence-electron chi connectivity index (χ1n) is 7.65. The summed E-state index contributed by atoms with van der Waals surface area (Å²) in [7, 11) is 0. The van der Waals surface area contributed by atoms with Gasteiger partial charge >= 0.3 is 5.91 Å². The first kappa shape index (κ1) is 15.3. The number of nitrogens with zero attached hydrogens (tertiary/aromatic N) is 3. The van der Waals surface area contributed by atoms with Crippen LogP contribution in [0.5, 0.6) is 0 Å². The molecule has 0 saturated heterocycles. The molecule has 0 aliphatic carbocycles.